The van der Waals surface area contributed by atoms with Crippen LogP contribution in [0.4, 0.5) is 0 Å². The number of ether oxygens (including phenoxy) is 1. The first kappa shape index (κ1) is 8.14. The minimum Gasteiger partial charge on any atom is -0.372 e. The molecule has 1 unspecified atom stereocenters. The molecule has 0 aliphatic carbocycles. The lowest BCUT2D eigenvalue weighted by Crippen LogP contribution is -2.17. The fourth-order valence-electron chi connectivity index (χ4n) is 1.63. The van der Waals surface area contributed by atoms with E-state index in [2.05, 4.69) is 36.9 Å². The zero-order chi connectivity index (χ0) is 8.39. The molecule has 0 saturated carbocycles. The van der Waals surface area contributed by atoms with Gasteiger partial charge < -0.3 is 4.74 Å². The molecule has 12 heavy (non-hydrogen) atoms. The van der Waals surface area contributed by atoms with Crippen LogP contribution in [0.3, 0.4) is 0 Å². The highest BCUT2D eigenvalue weighted by atomic mass is 32.1. The molecule has 0 N–H and O–H groups in total. The standard InChI is InChI=1S/C10H12OS/c12-7-10-9-4-2-1-3-8(9)5-6-11-10/h1-4,10,12H,5-7H2. The molecule has 1 aromatic carbocycles. The van der Waals surface area contributed by atoms with Crippen LogP contribution in [-0.4, -0.2) is 12.4 Å². The highest BCUT2D eigenvalue weighted by molar-refractivity contribution is 7.80. The quantitative estimate of drug-likeness (QED) is 0.652. The minimum absolute atomic E-state index is 0.207. The lowest BCUT2D eigenvalue weighted by molar-refractivity contribution is 0.0590. The summed E-state index contributed by atoms with van der Waals surface area (Å²) in [6, 6.07) is 8.45. The summed E-state index contributed by atoms with van der Waals surface area (Å²) in [5.74, 6) is 0.775. The number of fused-ring (bicyclic) bond motifs is 1. The summed E-state index contributed by atoms with van der Waals surface area (Å²) >= 11 is 4.26. The van der Waals surface area contributed by atoms with Crippen molar-refractivity contribution < 1.29 is 4.74 Å². The first-order chi connectivity index (χ1) is 5.92. The maximum absolute atomic E-state index is 5.58. The molecule has 2 rings (SSSR count). The molecule has 0 spiro atoms. The normalized spacial score (nSPS) is 21.9. The smallest absolute Gasteiger partial charge is 0.0915 e. The van der Waals surface area contributed by atoms with Gasteiger partial charge in [0.25, 0.3) is 0 Å². The second-order valence-corrected chi connectivity index (χ2v) is 3.36. The highest BCUT2D eigenvalue weighted by Gasteiger charge is 2.18. The van der Waals surface area contributed by atoms with Gasteiger partial charge in [0.2, 0.25) is 0 Å². The monoisotopic (exact) mass is 180 g/mol. The van der Waals surface area contributed by atoms with Crippen LogP contribution in [0, 0.1) is 0 Å². The van der Waals surface area contributed by atoms with Crippen molar-refractivity contribution in [2.24, 2.45) is 0 Å². The van der Waals surface area contributed by atoms with E-state index in [1.807, 2.05) is 0 Å². The molecule has 64 valence electrons. The molecular weight excluding hydrogens is 168 g/mol. The molecule has 1 aliphatic heterocycles. The third-order valence-corrected chi connectivity index (χ3v) is 2.59. The van der Waals surface area contributed by atoms with Crippen molar-refractivity contribution >= 4 is 12.6 Å². The largest absolute Gasteiger partial charge is 0.372 e. The van der Waals surface area contributed by atoms with Crippen LogP contribution >= 0.6 is 12.6 Å². The van der Waals surface area contributed by atoms with Gasteiger partial charge in [0, 0.05) is 5.75 Å². The summed E-state index contributed by atoms with van der Waals surface area (Å²) in [7, 11) is 0. The van der Waals surface area contributed by atoms with Crippen LogP contribution in [-0.2, 0) is 11.2 Å². The van der Waals surface area contributed by atoms with Gasteiger partial charge in [0.05, 0.1) is 12.7 Å². The molecule has 0 aromatic heterocycles. The first-order valence-electron chi connectivity index (χ1n) is 4.22. The lowest BCUT2D eigenvalue weighted by Gasteiger charge is -2.24. The SMILES string of the molecule is SCC1OCCc2ccccc21. The van der Waals surface area contributed by atoms with Crippen LogP contribution in [0.1, 0.15) is 17.2 Å². The van der Waals surface area contributed by atoms with Crippen molar-refractivity contribution in [3.8, 4) is 0 Å². The van der Waals surface area contributed by atoms with E-state index < -0.39 is 0 Å². The Morgan fingerprint density at radius 2 is 2.25 bits per heavy atom. The van der Waals surface area contributed by atoms with Gasteiger partial charge in [0.1, 0.15) is 0 Å². The van der Waals surface area contributed by atoms with Crippen molar-refractivity contribution in [1.82, 2.24) is 0 Å². The molecule has 1 nitrogen and oxygen atoms in total. The van der Waals surface area contributed by atoms with Crippen LogP contribution in [0.15, 0.2) is 24.3 Å². The van der Waals surface area contributed by atoms with E-state index in [4.69, 9.17) is 4.74 Å². The van der Waals surface area contributed by atoms with E-state index in [1.165, 1.54) is 11.1 Å². The van der Waals surface area contributed by atoms with Crippen molar-refractivity contribution in [3.63, 3.8) is 0 Å². The zero-order valence-electron chi connectivity index (χ0n) is 6.86. The van der Waals surface area contributed by atoms with E-state index in [1.54, 1.807) is 0 Å². The lowest BCUT2D eigenvalue weighted by atomic mass is 9.99. The zero-order valence-corrected chi connectivity index (χ0v) is 7.76. The Morgan fingerprint density at radius 3 is 3.08 bits per heavy atom. The Balaban J connectivity index is 2.37. The molecule has 0 fully saturated rings. The Bertz CT molecular complexity index is 272. The predicted molar refractivity (Wildman–Crippen MR) is 52.7 cm³/mol. The minimum atomic E-state index is 0.207. The summed E-state index contributed by atoms with van der Waals surface area (Å²) in [5.41, 5.74) is 2.74. The van der Waals surface area contributed by atoms with E-state index in [-0.39, 0.29) is 6.10 Å². The summed E-state index contributed by atoms with van der Waals surface area (Å²) in [5, 5.41) is 0. The number of hydrogen-bond donors (Lipinski definition) is 1. The maximum Gasteiger partial charge on any atom is 0.0915 e. The molecular formula is C10H12OS. The van der Waals surface area contributed by atoms with Crippen molar-refractivity contribution in [2.75, 3.05) is 12.4 Å². The molecule has 1 heterocycles. The molecule has 1 atom stereocenters. The molecule has 1 aromatic rings. The summed E-state index contributed by atoms with van der Waals surface area (Å²) in [6.45, 7) is 0.836. The Hall–Kier alpha value is -0.470. The van der Waals surface area contributed by atoms with E-state index in [9.17, 15) is 0 Å². The fourth-order valence-corrected chi connectivity index (χ4v) is 1.93. The molecule has 2 heteroatoms. The van der Waals surface area contributed by atoms with Gasteiger partial charge in [-0.2, -0.15) is 12.6 Å². The van der Waals surface area contributed by atoms with Crippen LogP contribution in [0.5, 0.6) is 0 Å². The van der Waals surface area contributed by atoms with E-state index >= 15 is 0 Å². The van der Waals surface area contributed by atoms with E-state index in [0.717, 1.165) is 18.8 Å². The van der Waals surface area contributed by atoms with Gasteiger partial charge in [-0.25, -0.2) is 0 Å². The van der Waals surface area contributed by atoms with Gasteiger partial charge in [-0.3, -0.25) is 0 Å². The topological polar surface area (TPSA) is 9.23 Å². The summed E-state index contributed by atoms with van der Waals surface area (Å²) < 4.78 is 5.58. The first-order valence-corrected chi connectivity index (χ1v) is 4.85. The predicted octanol–water partition coefficient (Wildman–Crippen LogP) is 2.23. The van der Waals surface area contributed by atoms with Crippen molar-refractivity contribution in [2.45, 2.75) is 12.5 Å². The molecule has 0 radical (unpaired) electrons. The second-order valence-electron chi connectivity index (χ2n) is 2.99. The Kier molecular flexibility index (Phi) is 2.38. The van der Waals surface area contributed by atoms with Crippen LogP contribution in [0.2, 0.25) is 0 Å². The molecule has 0 bridgehead atoms. The van der Waals surface area contributed by atoms with Gasteiger partial charge in [-0.1, -0.05) is 24.3 Å². The molecule has 0 amide bonds. The van der Waals surface area contributed by atoms with Gasteiger partial charge >= 0.3 is 0 Å². The van der Waals surface area contributed by atoms with Crippen molar-refractivity contribution in [3.05, 3.63) is 35.4 Å². The molecule has 1 aliphatic rings. The number of thiol groups is 1. The summed E-state index contributed by atoms with van der Waals surface area (Å²) in [4.78, 5) is 0. The third-order valence-electron chi connectivity index (χ3n) is 2.26. The third kappa shape index (κ3) is 1.37. The summed E-state index contributed by atoms with van der Waals surface area (Å²) in [6.07, 6.45) is 1.25. The average molecular weight is 180 g/mol. The molecule has 0 saturated heterocycles. The maximum atomic E-state index is 5.58. The van der Waals surface area contributed by atoms with Crippen molar-refractivity contribution in [1.29, 1.82) is 0 Å². The Labute approximate surface area is 78.2 Å². The van der Waals surface area contributed by atoms with Gasteiger partial charge in [-0.05, 0) is 17.5 Å². The van der Waals surface area contributed by atoms with Gasteiger partial charge in [-0.15, -0.1) is 0 Å². The highest BCUT2D eigenvalue weighted by Crippen LogP contribution is 2.27. The van der Waals surface area contributed by atoms with Crippen LogP contribution < -0.4 is 0 Å². The number of benzene rings is 1. The Morgan fingerprint density at radius 1 is 1.42 bits per heavy atom. The second kappa shape index (κ2) is 3.50. The average Bonchev–Trinajstić information content (AvgIpc) is 2.17. The van der Waals surface area contributed by atoms with Crippen LogP contribution in [0.25, 0.3) is 0 Å². The van der Waals surface area contributed by atoms with Gasteiger partial charge in [0.15, 0.2) is 0 Å². The fraction of sp³-hybridized carbons (Fsp3) is 0.400. The number of hydrogen-bond acceptors (Lipinski definition) is 2. The van der Waals surface area contributed by atoms with E-state index in [0.29, 0.717) is 0 Å². The number of rotatable bonds is 1.